The largest absolute Gasteiger partial charge is 0.355 e. The average molecular weight is 265 g/mol. The van der Waals surface area contributed by atoms with Gasteiger partial charge in [-0.05, 0) is 32.9 Å². The highest BCUT2D eigenvalue weighted by atomic mass is 35.5. The van der Waals surface area contributed by atoms with Crippen LogP contribution in [0.25, 0.3) is 0 Å². The van der Waals surface area contributed by atoms with Gasteiger partial charge in [-0.15, -0.1) is 0 Å². The highest BCUT2D eigenvalue weighted by Gasteiger charge is 2.29. The summed E-state index contributed by atoms with van der Waals surface area (Å²) in [4.78, 5) is 6.46. The van der Waals surface area contributed by atoms with Crippen molar-refractivity contribution in [3.05, 3.63) is 22.8 Å². The molecule has 0 atom stereocenters. The third-order valence-corrected chi connectivity index (χ3v) is 4.13. The summed E-state index contributed by atoms with van der Waals surface area (Å²) in [6, 6.07) is 3.74. The third-order valence-electron chi connectivity index (χ3n) is 3.76. The van der Waals surface area contributed by atoms with Crippen molar-refractivity contribution in [2.75, 3.05) is 25.0 Å². The van der Waals surface area contributed by atoms with Crippen LogP contribution in [0, 0.1) is 11.3 Å². The maximum absolute atomic E-state index is 8.97. The highest BCUT2D eigenvalue weighted by molar-refractivity contribution is 6.34. The lowest BCUT2D eigenvalue weighted by Gasteiger charge is -2.40. The van der Waals surface area contributed by atoms with E-state index in [-0.39, 0.29) is 5.54 Å². The fraction of sp³-hybridized carbons (Fsp3) is 0.538. The van der Waals surface area contributed by atoms with Crippen LogP contribution < -0.4 is 10.2 Å². The molecule has 1 saturated heterocycles. The fourth-order valence-electron chi connectivity index (χ4n) is 2.20. The molecule has 0 amide bonds. The molecule has 96 valence electrons. The van der Waals surface area contributed by atoms with Gasteiger partial charge in [0.05, 0.1) is 5.56 Å². The molecule has 1 aromatic heterocycles. The Hall–Kier alpha value is -1.31. The van der Waals surface area contributed by atoms with Crippen molar-refractivity contribution >= 4 is 17.4 Å². The van der Waals surface area contributed by atoms with E-state index >= 15 is 0 Å². The smallest absolute Gasteiger partial charge is 0.148 e. The van der Waals surface area contributed by atoms with E-state index in [9.17, 15) is 0 Å². The van der Waals surface area contributed by atoms with Crippen molar-refractivity contribution in [2.24, 2.45) is 0 Å². The van der Waals surface area contributed by atoms with Gasteiger partial charge in [0.1, 0.15) is 16.9 Å². The van der Waals surface area contributed by atoms with E-state index in [1.165, 1.54) is 0 Å². The molecule has 0 aromatic carbocycles. The maximum Gasteiger partial charge on any atom is 0.148 e. The van der Waals surface area contributed by atoms with Crippen molar-refractivity contribution in [1.29, 1.82) is 5.26 Å². The first-order valence-electron chi connectivity index (χ1n) is 6.08. The van der Waals surface area contributed by atoms with Crippen LogP contribution in [0.15, 0.2) is 12.3 Å². The lowest BCUT2D eigenvalue weighted by atomic mass is 9.90. The number of hydrogen-bond acceptors (Lipinski definition) is 4. The van der Waals surface area contributed by atoms with E-state index in [0.29, 0.717) is 10.6 Å². The summed E-state index contributed by atoms with van der Waals surface area (Å²) in [6.07, 6.45) is 3.72. The van der Waals surface area contributed by atoms with E-state index in [1.54, 1.807) is 12.3 Å². The molecule has 4 nitrogen and oxygen atoms in total. The van der Waals surface area contributed by atoms with Crippen LogP contribution >= 0.6 is 11.6 Å². The lowest BCUT2D eigenvalue weighted by molar-refractivity contribution is 0.304. The van der Waals surface area contributed by atoms with E-state index in [2.05, 4.69) is 28.2 Å². The predicted molar refractivity (Wildman–Crippen MR) is 72.9 cm³/mol. The van der Waals surface area contributed by atoms with Gasteiger partial charge in [0, 0.05) is 24.8 Å². The molecule has 0 aliphatic carbocycles. The molecule has 2 rings (SSSR count). The number of aromatic nitrogens is 1. The number of anilines is 1. The van der Waals surface area contributed by atoms with Crippen LogP contribution in [-0.2, 0) is 0 Å². The summed E-state index contributed by atoms with van der Waals surface area (Å²) < 4.78 is 0. The first-order valence-corrected chi connectivity index (χ1v) is 6.46. The Bertz CT molecular complexity index is 472. The topological polar surface area (TPSA) is 52.0 Å². The lowest BCUT2D eigenvalue weighted by Crippen LogP contribution is -2.50. The average Bonchev–Trinajstić information content (AvgIpc) is 2.40. The van der Waals surface area contributed by atoms with Crippen molar-refractivity contribution in [3.8, 4) is 6.07 Å². The summed E-state index contributed by atoms with van der Waals surface area (Å²) in [5, 5.41) is 12.8. The van der Waals surface area contributed by atoms with Gasteiger partial charge in [-0.2, -0.15) is 5.26 Å². The van der Waals surface area contributed by atoms with Gasteiger partial charge in [-0.25, -0.2) is 4.98 Å². The van der Waals surface area contributed by atoms with Crippen molar-refractivity contribution in [1.82, 2.24) is 10.3 Å². The molecular formula is C13H17ClN4. The zero-order valence-corrected chi connectivity index (χ0v) is 11.5. The van der Waals surface area contributed by atoms with E-state index < -0.39 is 0 Å². The summed E-state index contributed by atoms with van der Waals surface area (Å²) in [6.45, 7) is 4.03. The van der Waals surface area contributed by atoms with E-state index in [0.717, 1.165) is 31.7 Å². The molecule has 1 aliphatic rings. The van der Waals surface area contributed by atoms with Gasteiger partial charge < -0.3 is 10.2 Å². The molecular weight excluding hydrogens is 248 g/mol. The van der Waals surface area contributed by atoms with Crippen molar-refractivity contribution in [3.63, 3.8) is 0 Å². The van der Waals surface area contributed by atoms with Crippen LogP contribution in [0.4, 0.5) is 5.82 Å². The monoisotopic (exact) mass is 264 g/mol. The van der Waals surface area contributed by atoms with Gasteiger partial charge in [0.2, 0.25) is 0 Å². The van der Waals surface area contributed by atoms with E-state index in [4.69, 9.17) is 16.9 Å². The predicted octanol–water partition coefficient (Wildman–Crippen LogP) is 2.18. The minimum atomic E-state index is 0.190. The van der Waals surface area contributed by atoms with Crippen LogP contribution in [-0.4, -0.2) is 30.7 Å². The first-order chi connectivity index (χ1) is 8.59. The molecule has 1 fully saturated rings. The Morgan fingerprint density at radius 3 is 2.72 bits per heavy atom. The van der Waals surface area contributed by atoms with Crippen LogP contribution in [0.5, 0.6) is 0 Å². The van der Waals surface area contributed by atoms with Crippen molar-refractivity contribution < 1.29 is 0 Å². The summed E-state index contributed by atoms with van der Waals surface area (Å²) >= 11 is 6.20. The molecule has 1 aliphatic heterocycles. The number of piperidine rings is 1. The van der Waals surface area contributed by atoms with Crippen LogP contribution in [0.3, 0.4) is 0 Å². The molecule has 2 heterocycles. The number of nitriles is 1. The number of hydrogen-bond donors (Lipinski definition) is 1. The normalized spacial score (nSPS) is 18.4. The Balaban J connectivity index is 2.18. The SMILES string of the molecule is CNC1(C)CCN(c2nccc(C#N)c2Cl)CC1. The van der Waals surface area contributed by atoms with Gasteiger partial charge in [-0.1, -0.05) is 11.6 Å². The first kappa shape index (κ1) is 13.1. The van der Waals surface area contributed by atoms with Gasteiger partial charge in [-0.3, -0.25) is 0 Å². The Kier molecular flexibility index (Phi) is 3.74. The second kappa shape index (κ2) is 5.13. The molecule has 0 radical (unpaired) electrons. The van der Waals surface area contributed by atoms with Gasteiger partial charge >= 0.3 is 0 Å². The van der Waals surface area contributed by atoms with Crippen LogP contribution in [0.2, 0.25) is 5.02 Å². The second-order valence-electron chi connectivity index (χ2n) is 4.91. The fourth-order valence-corrected chi connectivity index (χ4v) is 2.48. The zero-order chi connectivity index (χ0) is 13.2. The molecule has 18 heavy (non-hydrogen) atoms. The minimum Gasteiger partial charge on any atom is -0.355 e. The molecule has 5 heteroatoms. The highest BCUT2D eigenvalue weighted by Crippen LogP contribution is 2.30. The zero-order valence-electron chi connectivity index (χ0n) is 10.7. The summed E-state index contributed by atoms with van der Waals surface area (Å²) in [7, 11) is 2.00. The Labute approximate surface area is 113 Å². The molecule has 1 N–H and O–H groups in total. The number of rotatable bonds is 2. The standard InChI is InChI=1S/C13H17ClN4/c1-13(16-2)4-7-18(8-5-13)12-11(14)10(9-15)3-6-17-12/h3,6,16H,4-5,7-8H2,1-2H3. The van der Waals surface area contributed by atoms with Crippen molar-refractivity contribution in [2.45, 2.75) is 25.3 Å². The molecule has 0 unspecified atom stereocenters. The summed E-state index contributed by atoms with van der Waals surface area (Å²) in [5.74, 6) is 0.730. The maximum atomic E-state index is 8.97. The third kappa shape index (κ3) is 2.43. The number of nitrogens with zero attached hydrogens (tertiary/aromatic N) is 3. The Morgan fingerprint density at radius 1 is 1.50 bits per heavy atom. The molecule has 1 aromatic rings. The Morgan fingerprint density at radius 2 is 2.17 bits per heavy atom. The number of pyridine rings is 1. The van der Waals surface area contributed by atoms with Gasteiger partial charge in [0.15, 0.2) is 0 Å². The second-order valence-corrected chi connectivity index (χ2v) is 5.28. The minimum absolute atomic E-state index is 0.190. The summed E-state index contributed by atoms with van der Waals surface area (Å²) in [5.41, 5.74) is 0.680. The van der Waals surface area contributed by atoms with Gasteiger partial charge in [0.25, 0.3) is 0 Å². The molecule has 0 bridgehead atoms. The number of nitrogens with one attached hydrogen (secondary N) is 1. The van der Waals surface area contributed by atoms with E-state index in [1.807, 2.05) is 7.05 Å². The molecule has 0 spiro atoms. The quantitative estimate of drug-likeness (QED) is 0.890. The molecule has 0 saturated carbocycles. The van der Waals surface area contributed by atoms with Crippen LogP contribution in [0.1, 0.15) is 25.3 Å². The number of halogens is 1.